The molecule has 0 heterocycles. The van der Waals surface area contributed by atoms with Crippen molar-refractivity contribution in [1.29, 1.82) is 0 Å². The fourth-order valence-electron chi connectivity index (χ4n) is 1.08. The highest BCUT2D eigenvalue weighted by Gasteiger charge is 2.09. The molecule has 78 valence electrons. The van der Waals surface area contributed by atoms with Gasteiger partial charge in [-0.3, -0.25) is 9.59 Å². The van der Waals surface area contributed by atoms with E-state index in [1.54, 1.807) is 12.1 Å². The summed E-state index contributed by atoms with van der Waals surface area (Å²) >= 11 is 0. The SMILES string of the molecule is CC(=O)C(=Cc1ccc(O)cc1)C(N)=O. The summed E-state index contributed by atoms with van der Waals surface area (Å²) in [5.41, 5.74) is 5.62. The molecule has 0 bridgehead atoms. The number of nitrogens with two attached hydrogens (primary N) is 1. The predicted octanol–water partition coefficient (Wildman–Crippen LogP) is 0.850. The lowest BCUT2D eigenvalue weighted by Gasteiger charge is -1.98. The Kier molecular flexibility index (Phi) is 3.23. The minimum atomic E-state index is -0.754. The maximum absolute atomic E-state index is 11.0. The molecule has 1 amide bonds. The summed E-state index contributed by atoms with van der Waals surface area (Å²) in [6, 6.07) is 6.09. The zero-order valence-electron chi connectivity index (χ0n) is 8.23. The summed E-state index contributed by atoms with van der Waals surface area (Å²) in [4.78, 5) is 21.9. The third kappa shape index (κ3) is 2.95. The zero-order valence-corrected chi connectivity index (χ0v) is 8.23. The zero-order chi connectivity index (χ0) is 11.4. The summed E-state index contributed by atoms with van der Waals surface area (Å²) in [6.45, 7) is 1.27. The molecule has 0 aliphatic heterocycles. The van der Waals surface area contributed by atoms with E-state index >= 15 is 0 Å². The van der Waals surface area contributed by atoms with E-state index < -0.39 is 5.91 Å². The van der Waals surface area contributed by atoms with Crippen molar-refractivity contribution in [3.8, 4) is 5.75 Å². The van der Waals surface area contributed by atoms with Crippen LogP contribution in [0.15, 0.2) is 29.8 Å². The summed E-state index contributed by atoms with van der Waals surface area (Å²) in [5, 5.41) is 9.03. The van der Waals surface area contributed by atoms with Gasteiger partial charge in [0.2, 0.25) is 0 Å². The average Bonchev–Trinajstić information content (AvgIpc) is 2.15. The number of Topliss-reactive ketones (excluding diaryl/α,β-unsaturated/α-hetero) is 1. The lowest BCUT2D eigenvalue weighted by molar-refractivity contribution is -0.119. The van der Waals surface area contributed by atoms with Crippen LogP contribution < -0.4 is 5.73 Å². The molecule has 0 saturated heterocycles. The highest BCUT2D eigenvalue weighted by molar-refractivity contribution is 6.21. The summed E-state index contributed by atoms with van der Waals surface area (Å²) in [5.74, 6) is -1.01. The molecule has 0 saturated carbocycles. The van der Waals surface area contributed by atoms with Gasteiger partial charge in [-0.25, -0.2) is 0 Å². The van der Waals surface area contributed by atoms with Crippen molar-refractivity contribution in [1.82, 2.24) is 0 Å². The van der Waals surface area contributed by atoms with Gasteiger partial charge < -0.3 is 10.8 Å². The van der Waals surface area contributed by atoms with Gasteiger partial charge in [-0.15, -0.1) is 0 Å². The lowest BCUT2D eigenvalue weighted by atomic mass is 10.1. The van der Waals surface area contributed by atoms with Crippen molar-refractivity contribution in [3.63, 3.8) is 0 Å². The Morgan fingerprint density at radius 1 is 1.27 bits per heavy atom. The number of amides is 1. The highest BCUT2D eigenvalue weighted by atomic mass is 16.3. The standard InChI is InChI=1S/C11H11NO3/c1-7(13)10(11(12)15)6-8-2-4-9(14)5-3-8/h2-6,14H,1H3,(H2,12,15). The molecule has 0 atom stereocenters. The molecule has 0 spiro atoms. The van der Waals surface area contributed by atoms with E-state index in [2.05, 4.69) is 0 Å². The van der Waals surface area contributed by atoms with E-state index in [0.717, 1.165) is 0 Å². The number of benzene rings is 1. The molecule has 0 aliphatic carbocycles. The fourth-order valence-corrected chi connectivity index (χ4v) is 1.08. The van der Waals surface area contributed by atoms with Gasteiger partial charge in [0, 0.05) is 0 Å². The topological polar surface area (TPSA) is 80.4 Å². The van der Waals surface area contributed by atoms with Crippen LogP contribution in [0.4, 0.5) is 0 Å². The summed E-state index contributed by atoms with van der Waals surface area (Å²) in [7, 11) is 0. The van der Waals surface area contributed by atoms with Crippen LogP contribution >= 0.6 is 0 Å². The first kappa shape index (κ1) is 11.0. The number of hydrogen-bond acceptors (Lipinski definition) is 3. The second-order valence-electron chi connectivity index (χ2n) is 3.07. The first-order valence-corrected chi connectivity index (χ1v) is 4.32. The Bertz CT molecular complexity index is 402. The fraction of sp³-hybridized carbons (Fsp3) is 0.0909. The van der Waals surface area contributed by atoms with E-state index in [4.69, 9.17) is 10.8 Å². The van der Waals surface area contributed by atoms with E-state index in [0.29, 0.717) is 5.56 Å². The smallest absolute Gasteiger partial charge is 0.252 e. The van der Waals surface area contributed by atoms with Gasteiger partial charge in [-0.2, -0.15) is 0 Å². The third-order valence-electron chi connectivity index (χ3n) is 1.85. The minimum Gasteiger partial charge on any atom is -0.508 e. The molecule has 4 nitrogen and oxygen atoms in total. The number of aromatic hydroxyl groups is 1. The number of rotatable bonds is 3. The van der Waals surface area contributed by atoms with Gasteiger partial charge in [0.15, 0.2) is 5.78 Å². The maximum atomic E-state index is 11.0. The molecule has 4 heteroatoms. The van der Waals surface area contributed by atoms with Crippen LogP contribution in [0.3, 0.4) is 0 Å². The van der Waals surface area contributed by atoms with Gasteiger partial charge in [0.05, 0.1) is 5.57 Å². The quantitative estimate of drug-likeness (QED) is 0.436. The third-order valence-corrected chi connectivity index (χ3v) is 1.85. The van der Waals surface area contributed by atoms with Crippen LogP contribution in [0.2, 0.25) is 0 Å². The second-order valence-corrected chi connectivity index (χ2v) is 3.07. The number of hydrogen-bond donors (Lipinski definition) is 2. The molecule has 0 aromatic heterocycles. The molecule has 15 heavy (non-hydrogen) atoms. The first-order chi connectivity index (χ1) is 7.00. The maximum Gasteiger partial charge on any atom is 0.252 e. The number of phenolic OH excluding ortho intramolecular Hbond substituents is 1. The van der Waals surface area contributed by atoms with Gasteiger partial charge in [0.1, 0.15) is 5.75 Å². The Balaban J connectivity index is 3.08. The normalized spacial score (nSPS) is 11.1. The molecule has 0 unspecified atom stereocenters. The monoisotopic (exact) mass is 205 g/mol. The van der Waals surface area contributed by atoms with E-state index in [9.17, 15) is 9.59 Å². The minimum absolute atomic E-state index is 0.0549. The van der Waals surface area contributed by atoms with Crippen molar-refractivity contribution in [2.75, 3.05) is 0 Å². The summed E-state index contributed by atoms with van der Waals surface area (Å²) < 4.78 is 0. The van der Waals surface area contributed by atoms with Crippen molar-refractivity contribution >= 4 is 17.8 Å². The van der Waals surface area contributed by atoms with Gasteiger partial charge in [-0.1, -0.05) is 12.1 Å². The Labute approximate surface area is 87.0 Å². The molecular formula is C11H11NO3. The predicted molar refractivity (Wildman–Crippen MR) is 56.0 cm³/mol. The molecule has 3 N–H and O–H groups in total. The van der Waals surface area contributed by atoms with E-state index in [1.165, 1.54) is 25.1 Å². The molecular weight excluding hydrogens is 194 g/mol. The second kappa shape index (κ2) is 4.41. The van der Waals surface area contributed by atoms with Gasteiger partial charge >= 0.3 is 0 Å². The van der Waals surface area contributed by atoms with Crippen molar-refractivity contribution < 1.29 is 14.7 Å². The van der Waals surface area contributed by atoms with Crippen LogP contribution in [-0.2, 0) is 9.59 Å². The highest BCUT2D eigenvalue weighted by Crippen LogP contribution is 2.13. The molecule has 0 aliphatic rings. The van der Waals surface area contributed by atoms with Crippen LogP contribution in [0.5, 0.6) is 5.75 Å². The summed E-state index contributed by atoms with van der Waals surface area (Å²) in [6.07, 6.45) is 1.39. The average molecular weight is 205 g/mol. The van der Waals surface area contributed by atoms with Crippen molar-refractivity contribution in [2.45, 2.75) is 6.92 Å². The lowest BCUT2D eigenvalue weighted by Crippen LogP contribution is -2.18. The molecule has 0 radical (unpaired) electrons. The first-order valence-electron chi connectivity index (χ1n) is 4.32. The van der Waals surface area contributed by atoms with Gasteiger partial charge in [0.25, 0.3) is 5.91 Å². The van der Waals surface area contributed by atoms with Crippen LogP contribution in [0, 0.1) is 0 Å². The van der Waals surface area contributed by atoms with Crippen LogP contribution in [0.25, 0.3) is 6.08 Å². The Morgan fingerprint density at radius 3 is 2.20 bits per heavy atom. The molecule has 1 aromatic rings. The number of primary amides is 1. The molecule has 1 aromatic carbocycles. The number of carbonyl (C=O) groups is 2. The number of carbonyl (C=O) groups excluding carboxylic acids is 2. The van der Waals surface area contributed by atoms with Crippen molar-refractivity contribution in [3.05, 3.63) is 35.4 Å². The van der Waals surface area contributed by atoms with Gasteiger partial charge in [-0.05, 0) is 30.7 Å². The Hall–Kier alpha value is -2.10. The van der Waals surface area contributed by atoms with Crippen LogP contribution in [-0.4, -0.2) is 16.8 Å². The number of ketones is 1. The van der Waals surface area contributed by atoms with Crippen LogP contribution in [0.1, 0.15) is 12.5 Å². The van der Waals surface area contributed by atoms with E-state index in [1.807, 2.05) is 0 Å². The van der Waals surface area contributed by atoms with E-state index in [-0.39, 0.29) is 17.1 Å². The molecule has 0 fully saturated rings. The van der Waals surface area contributed by atoms with Crippen molar-refractivity contribution in [2.24, 2.45) is 5.73 Å². The molecule has 1 rings (SSSR count). The Morgan fingerprint density at radius 2 is 1.80 bits per heavy atom. The number of phenols is 1. The largest absolute Gasteiger partial charge is 0.508 e.